The lowest BCUT2D eigenvalue weighted by Crippen LogP contribution is -2.40. The third-order valence-electron chi connectivity index (χ3n) is 3.79. The van der Waals surface area contributed by atoms with Gasteiger partial charge in [0, 0.05) is 23.7 Å². The van der Waals surface area contributed by atoms with Gasteiger partial charge in [-0.25, -0.2) is 4.39 Å². The molecule has 1 unspecified atom stereocenters. The third-order valence-corrected chi connectivity index (χ3v) is 3.79. The van der Waals surface area contributed by atoms with Crippen molar-refractivity contribution in [3.63, 3.8) is 0 Å². The average molecular weight is 276 g/mol. The molecule has 0 radical (unpaired) electrons. The molecule has 2 aromatic rings. The van der Waals surface area contributed by atoms with E-state index in [1.165, 1.54) is 12.1 Å². The van der Waals surface area contributed by atoms with E-state index in [1.807, 2.05) is 24.0 Å². The summed E-state index contributed by atoms with van der Waals surface area (Å²) in [6.45, 7) is 7.00. The Morgan fingerprint density at radius 2 is 2.00 bits per heavy atom. The molecule has 0 fully saturated rings. The summed E-state index contributed by atoms with van der Waals surface area (Å²) in [5.41, 5.74) is 4.61. The topological polar surface area (TPSA) is 55.9 Å². The lowest BCUT2D eigenvalue weighted by atomic mass is 9.76. The van der Waals surface area contributed by atoms with Crippen LogP contribution >= 0.6 is 0 Å². The van der Waals surface area contributed by atoms with Gasteiger partial charge < -0.3 is 0 Å². The van der Waals surface area contributed by atoms with Gasteiger partial charge in [0.05, 0.1) is 12.2 Å². The minimum Gasteiger partial charge on any atom is -0.273 e. The zero-order valence-corrected chi connectivity index (χ0v) is 12.1. The molecule has 20 heavy (non-hydrogen) atoms. The Labute approximate surface area is 118 Å². The Kier molecular flexibility index (Phi) is 4.20. The number of nitrogens with two attached hydrogens (primary N) is 1. The summed E-state index contributed by atoms with van der Waals surface area (Å²) >= 11 is 0. The van der Waals surface area contributed by atoms with Gasteiger partial charge in [0.1, 0.15) is 5.82 Å². The molecular formula is C15H21FN4. The van der Waals surface area contributed by atoms with Crippen LogP contribution in [0.2, 0.25) is 0 Å². The van der Waals surface area contributed by atoms with Crippen LogP contribution in [-0.2, 0) is 12.0 Å². The van der Waals surface area contributed by atoms with Crippen LogP contribution in [0.3, 0.4) is 0 Å². The molecule has 0 aliphatic heterocycles. The van der Waals surface area contributed by atoms with E-state index < -0.39 is 0 Å². The number of rotatable bonds is 5. The molecule has 0 saturated heterocycles. The number of nitrogens with one attached hydrogen (secondary N) is 1. The van der Waals surface area contributed by atoms with Gasteiger partial charge >= 0.3 is 0 Å². The molecule has 1 aromatic heterocycles. The Hall–Kier alpha value is -1.72. The zero-order chi connectivity index (χ0) is 14.8. The minimum atomic E-state index is -0.288. The van der Waals surface area contributed by atoms with E-state index in [0.717, 1.165) is 17.7 Å². The van der Waals surface area contributed by atoms with Gasteiger partial charge in [0.25, 0.3) is 0 Å². The van der Waals surface area contributed by atoms with Crippen molar-refractivity contribution in [3.05, 3.63) is 53.6 Å². The number of hydrazine groups is 1. The number of benzene rings is 1. The van der Waals surface area contributed by atoms with Crippen molar-refractivity contribution in [2.75, 3.05) is 0 Å². The highest BCUT2D eigenvalue weighted by atomic mass is 19.1. The van der Waals surface area contributed by atoms with Crippen molar-refractivity contribution in [1.82, 2.24) is 15.2 Å². The molecule has 4 nitrogen and oxygen atoms in total. The van der Waals surface area contributed by atoms with Crippen LogP contribution in [0.15, 0.2) is 36.7 Å². The highest BCUT2D eigenvalue weighted by Gasteiger charge is 2.32. The van der Waals surface area contributed by atoms with Crippen molar-refractivity contribution in [3.8, 4) is 0 Å². The van der Waals surface area contributed by atoms with Crippen LogP contribution < -0.4 is 11.3 Å². The molecule has 3 N–H and O–H groups in total. The molecule has 0 spiro atoms. The maximum atomic E-state index is 13.1. The summed E-state index contributed by atoms with van der Waals surface area (Å²) in [6.07, 6.45) is 3.80. The molecule has 0 amide bonds. The standard InChI is InChI=1S/C15H21FN4/c1-4-20-10-11(9-18-20)14(19-17)15(2,3)12-5-7-13(16)8-6-12/h5-10,14,19H,4,17H2,1-3H3. The van der Waals surface area contributed by atoms with Gasteiger partial charge in [0.2, 0.25) is 0 Å². The Bertz CT molecular complexity index is 560. The third kappa shape index (κ3) is 2.73. The first-order valence-corrected chi connectivity index (χ1v) is 6.73. The molecule has 1 heterocycles. The molecular weight excluding hydrogens is 255 g/mol. The molecule has 0 saturated carbocycles. The van der Waals surface area contributed by atoms with Crippen LogP contribution in [-0.4, -0.2) is 9.78 Å². The van der Waals surface area contributed by atoms with E-state index in [9.17, 15) is 4.39 Å². The van der Waals surface area contributed by atoms with Crippen molar-refractivity contribution in [1.29, 1.82) is 0 Å². The SMILES string of the molecule is CCn1cc(C(NN)C(C)(C)c2ccc(F)cc2)cn1. The first kappa shape index (κ1) is 14.7. The predicted molar refractivity (Wildman–Crippen MR) is 77.4 cm³/mol. The second kappa shape index (κ2) is 5.73. The quantitative estimate of drug-likeness (QED) is 0.652. The van der Waals surface area contributed by atoms with Crippen LogP contribution in [0.1, 0.15) is 37.9 Å². The fourth-order valence-electron chi connectivity index (χ4n) is 2.47. The van der Waals surface area contributed by atoms with Gasteiger partial charge in [0.15, 0.2) is 0 Å². The molecule has 0 aliphatic carbocycles. The highest BCUT2D eigenvalue weighted by Crippen LogP contribution is 2.36. The maximum Gasteiger partial charge on any atom is 0.123 e. The van der Waals surface area contributed by atoms with E-state index in [1.54, 1.807) is 12.1 Å². The second-order valence-electron chi connectivity index (χ2n) is 5.46. The summed E-state index contributed by atoms with van der Waals surface area (Å²) in [4.78, 5) is 0. The number of aryl methyl sites for hydroxylation is 1. The molecule has 0 aliphatic rings. The summed E-state index contributed by atoms with van der Waals surface area (Å²) in [7, 11) is 0. The summed E-state index contributed by atoms with van der Waals surface area (Å²) in [5, 5.41) is 4.29. The van der Waals surface area contributed by atoms with Gasteiger partial charge in [-0.2, -0.15) is 5.10 Å². The molecule has 1 aromatic carbocycles. The summed E-state index contributed by atoms with van der Waals surface area (Å²) in [6, 6.07) is 6.43. The highest BCUT2D eigenvalue weighted by molar-refractivity contribution is 5.30. The fourth-order valence-corrected chi connectivity index (χ4v) is 2.47. The zero-order valence-electron chi connectivity index (χ0n) is 12.1. The molecule has 2 rings (SSSR count). The molecule has 0 bridgehead atoms. The number of halogens is 1. The molecule has 5 heteroatoms. The van der Waals surface area contributed by atoms with Crippen LogP contribution in [0.5, 0.6) is 0 Å². The Morgan fingerprint density at radius 1 is 1.35 bits per heavy atom. The number of hydrogen-bond acceptors (Lipinski definition) is 3. The molecule has 108 valence electrons. The number of hydrogen-bond donors (Lipinski definition) is 2. The minimum absolute atomic E-state index is 0.103. The fraction of sp³-hybridized carbons (Fsp3) is 0.400. The smallest absolute Gasteiger partial charge is 0.123 e. The van der Waals surface area contributed by atoms with Crippen LogP contribution in [0.4, 0.5) is 4.39 Å². The van der Waals surface area contributed by atoms with E-state index in [4.69, 9.17) is 5.84 Å². The van der Waals surface area contributed by atoms with Gasteiger partial charge in [-0.15, -0.1) is 0 Å². The lowest BCUT2D eigenvalue weighted by molar-refractivity contribution is 0.352. The second-order valence-corrected chi connectivity index (χ2v) is 5.46. The van der Waals surface area contributed by atoms with E-state index >= 15 is 0 Å². The van der Waals surface area contributed by atoms with E-state index in [0.29, 0.717) is 0 Å². The Balaban J connectivity index is 2.35. The largest absolute Gasteiger partial charge is 0.273 e. The first-order valence-electron chi connectivity index (χ1n) is 6.73. The Morgan fingerprint density at radius 3 is 2.50 bits per heavy atom. The summed E-state index contributed by atoms with van der Waals surface area (Å²) < 4.78 is 14.9. The van der Waals surface area contributed by atoms with Crippen LogP contribution in [0, 0.1) is 5.82 Å². The predicted octanol–water partition coefficient (Wildman–Crippen LogP) is 2.52. The van der Waals surface area contributed by atoms with Crippen LogP contribution in [0.25, 0.3) is 0 Å². The number of nitrogens with zero attached hydrogens (tertiary/aromatic N) is 2. The van der Waals surface area contributed by atoms with E-state index in [-0.39, 0.29) is 17.3 Å². The van der Waals surface area contributed by atoms with Gasteiger partial charge in [-0.1, -0.05) is 26.0 Å². The van der Waals surface area contributed by atoms with Crippen molar-refractivity contribution < 1.29 is 4.39 Å². The average Bonchev–Trinajstić information content (AvgIpc) is 2.88. The summed E-state index contributed by atoms with van der Waals surface area (Å²) in [5.74, 6) is 5.51. The van der Waals surface area contributed by atoms with Crippen molar-refractivity contribution in [2.24, 2.45) is 5.84 Å². The van der Waals surface area contributed by atoms with Crippen molar-refractivity contribution in [2.45, 2.75) is 38.8 Å². The van der Waals surface area contributed by atoms with Gasteiger partial charge in [-0.05, 0) is 24.6 Å². The maximum absolute atomic E-state index is 13.1. The van der Waals surface area contributed by atoms with Gasteiger partial charge in [-0.3, -0.25) is 16.0 Å². The monoisotopic (exact) mass is 276 g/mol. The van der Waals surface area contributed by atoms with E-state index in [2.05, 4.69) is 24.4 Å². The molecule has 1 atom stereocenters. The normalized spacial score (nSPS) is 13.4. The first-order chi connectivity index (χ1) is 9.48. The number of aromatic nitrogens is 2. The van der Waals surface area contributed by atoms with Crippen molar-refractivity contribution >= 4 is 0 Å². The lowest BCUT2D eigenvalue weighted by Gasteiger charge is -2.34.